The van der Waals surface area contributed by atoms with Crippen LogP contribution in [0.4, 0.5) is 0 Å². The summed E-state index contributed by atoms with van der Waals surface area (Å²) in [5.74, 6) is 1.59. The van der Waals surface area contributed by atoms with Gasteiger partial charge < -0.3 is 10.4 Å². The number of unbranched alkanes of at least 4 members (excludes halogenated alkanes) is 2. The van der Waals surface area contributed by atoms with E-state index in [4.69, 9.17) is 11.5 Å². The zero-order valence-electron chi connectivity index (χ0n) is 6.47. The molecule has 0 aromatic rings. The lowest BCUT2D eigenvalue weighted by molar-refractivity contribution is -0.115. The lowest BCUT2D eigenvalue weighted by atomic mass is 10.2. The number of amides is 1. The Morgan fingerprint density at radius 2 is 2.18 bits per heavy atom. The predicted octanol–water partition coefficient (Wildman–Crippen LogP) is -0.102. The van der Waals surface area contributed by atoms with E-state index in [0.29, 0.717) is 6.54 Å². The number of terminal acetylenes is 1. The number of hydrogen-bond donors (Lipinski definition) is 2. The smallest absolute Gasteiger partial charge is 0.295 e. The molecule has 1 amide bonds. The molecule has 0 aliphatic carbocycles. The summed E-state index contributed by atoms with van der Waals surface area (Å²) in [5, 5.41) is 10.9. The SMILES string of the molecule is C#CC(=O)NCCCCCO. The summed E-state index contributed by atoms with van der Waals surface area (Å²) in [6, 6.07) is 0. The van der Waals surface area contributed by atoms with Crippen molar-refractivity contribution in [2.75, 3.05) is 13.2 Å². The predicted molar refractivity (Wildman–Crippen MR) is 42.8 cm³/mol. The third kappa shape index (κ3) is 6.88. The van der Waals surface area contributed by atoms with E-state index in [2.05, 4.69) is 5.32 Å². The molecule has 0 aliphatic heterocycles. The minimum atomic E-state index is -0.367. The zero-order chi connectivity index (χ0) is 8.53. The first-order valence-corrected chi connectivity index (χ1v) is 3.66. The molecule has 0 aromatic heterocycles. The van der Waals surface area contributed by atoms with E-state index in [-0.39, 0.29) is 12.5 Å². The van der Waals surface area contributed by atoms with Gasteiger partial charge in [0.05, 0.1) is 0 Å². The van der Waals surface area contributed by atoms with Crippen molar-refractivity contribution in [3.63, 3.8) is 0 Å². The Balaban J connectivity index is 3.03. The van der Waals surface area contributed by atoms with Crippen molar-refractivity contribution in [2.24, 2.45) is 0 Å². The normalized spacial score (nSPS) is 8.73. The van der Waals surface area contributed by atoms with Crippen molar-refractivity contribution in [3.05, 3.63) is 0 Å². The van der Waals surface area contributed by atoms with Crippen LogP contribution in [0.3, 0.4) is 0 Å². The Hall–Kier alpha value is -1.01. The zero-order valence-corrected chi connectivity index (χ0v) is 6.47. The molecule has 0 saturated heterocycles. The highest BCUT2D eigenvalue weighted by Gasteiger charge is 1.92. The maximum atomic E-state index is 10.4. The Morgan fingerprint density at radius 1 is 1.45 bits per heavy atom. The van der Waals surface area contributed by atoms with Crippen molar-refractivity contribution in [1.29, 1.82) is 0 Å². The lowest BCUT2D eigenvalue weighted by Crippen LogP contribution is -2.22. The standard InChI is InChI=1S/C8H13NO2/c1-2-8(11)9-6-4-3-5-7-10/h1,10H,3-7H2,(H,9,11). The quantitative estimate of drug-likeness (QED) is 0.430. The topological polar surface area (TPSA) is 49.3 Å². The number of nitrogens with one attached hydrogen (secondary N) is 1. The molecule has 0 atom stereocenters. The fourth-order valence-electron chi connectivity index (χ4n) is 0.667. The van der Waals surface area contributed by atoms with Crippen LogP contribution in [0.25, 0.3) is 0 Å². The van der Waals surface area contributed by atoms with Crippen molar-refractivity contribution >= 4 is 5.91 Å². The van der Waals surface area contributed by atoms with Crippen molar-refractivity contribution < 1.29 is 9.90 Å². The lowest BCUT2D eigenvalue weighted by Gasteiger charge is -1.98. The van der Waals surface area contributed by atoms with Crippen LogP contribution in [0.1, 0.15) is 19.3 Å². The number of carbonyl (C=O) groups is 1. The van der Waals surface area contributed by atoms with Crippen LogP contribution in [0.2, 0.25) is 0 Å². The van der Waals surface area contributed by atoms with Gasteiger partial charge in [-0.15, -0.1) is 6.42 Å². The van der Waals surface area contributed by atoms with Crippen LogP contribution in [-0.2, 0) is 4.79 Å². The fourth-order valence-corrected chi connectivity index (χ4v) is 0.667. The molecule has 3 nitrogen and oxygen atoms in total. The number of carbonyl (C=O) groups excluding carboxylic acids is 1. The van der Waals surface area contributed by atoms with Gasteiger partial charge in [-0.3, -0.25) is 4.79 Å². The average molecular weight is 155 g/mol. The Kier molecular flexibility index (Phi) is 6.45. The van der Waals surface area contributed by atoms with E-state index >= 15 is 0 Å². The molecule has 2 N–H and O–H groups in total. The molecule has 0 heterocycles. The van der Waals surface area contributed by atoms with E-state index in [9.17, 15) is 4.79 Å². The maximum Gasteiger partial charge on any atom is 0.295 e. The van der Waals surface area contributed by atoms with Crippen LogP contribution in [0.5, 0.6) is 0 Å². The van der Waals surface area contributed by atoms with Crippen LogP contribution in [-0.4, -0.2) is 24.2 Å². The van der Waals surface area contributed by atoms with Crippen LogP contribution in [0, 0.1) is 12.3 Å². The highest BCUT2D eigenvalue weighted by molar-refractivity contribution is 5.92. The summed E-state index contributed by atoms with van der Waals surface area (Å²) < 4.78 is 0. The molecule has 0 radical (unpaired) electrons. The first-order valence-electron chi connectivity index (χ1n) is 3.66. The molecule has 62 valence electrons. The van der Waals surface area contributed by atoms with Gasteiger partial charge in [0, 0.05) is 13.2 Å². The van der Waals surface area contributed by atoms with E-state index in [0.717, 1.165) is 19.3 Å². The molecule has 3 heteroatoms. The first-order chi connectivity index (χ1) is 5.31. The number of rotatable bonds is 5. The molecule has 0 bridgehead atoms. The molecule has 0 aromatic carbocycles. The largest absolute Gasteiger partial charge is 0.396 e. The van der Waals surface area contributed by atoms with Gasteiger partial charge in [-0.2, -0.15) is 0 Å². The fraction of sp³-hybridized carbons (Fsp3) is 0.625. The van der Waals surface area contributed by atoms with Gasteiger partial charge in [0.1, 0.15) is 0 Å². The minimum absolute atomic E-state index is 0.211. The van der Waals surface area contributed by atoms with E-state index < -0.39 is 0 Å². The summed E-state index contributed by atoms with van der Waals surface area (Å²) in [5.41, 5.74) is 0. The van der Waals surface area contributed by atoms with Crippen molar-refractivity contribution in [3.8, 4) is 12.3 Å². The highest BCUT2D eigenvalue weighted by atomic mass is 16.2. The summed E-state index contributed by atoms with van der Waals surface area (Å²) in [6.45, 7) is 0.812. The number of aliphatic hydroxyl groups is 1. The van der Waals surface area contributed by atoms with Gasteiger partial charge in [0.25, 0.3) is 5.91 Å². The van der Waals surface area contributed by atoms with Crippen molar-refractivity contribution in [1.82, 2.24) is 5.32 Å². The third-order valence-electron chi connectivity index (χ3n) is 1.25. The van der Waals surface area contributed by atoms with Gasteiger partial charge >= 0.3 is 0 Å². The molecular formula is C8H13NO2. The van der Waals surface area contributed by atoms with Gasteiger partial charge in [-0.1, -0.05) is 0 Å². The van der Waals surface area contributed by atoms with Crippen LogP contribution < -0.4 is 5.32 Å². The van der Waals surface area contributed by atoms with E-state index in [1.54, 1.807) is 0 Å². The molecule has 0 spiro atoms. The molecule has 0 aliphatic rings. The molecule has 11 heavy (non-hydrogen) atoms. The maximum absolute atomic E-state index is 10.4. The van der Waals surface area contributed by atoms with E-state index in [1.165, 1.54) is 0 Å². The number of hydrogen-bond acceptors (Lipinski definition) is 2. The van der Waals surface area contributed by atoms with Gasteiger partial charge in [0.2, 0.25) is 0 Å². The number of aliphatic hydroxyl groups excluding tert-OH is 1. The monoisotopic (exact) mass is 155 g/mol. The minimum Gasteiger partial charge on any atom is -0.396 e. The van der Waals surface area contributed by atoms with Crippen molar-refractivity contribution in [2.45, 2.75) is 19.3 Å². The average Bonchev–Trinajstić information content (AvgIpc) is 2.04. The second-order valence-electron chi connectivity index (χ2n) is 2.18. The molecule has 0 saturated carbocycles. The summed E-state index contributed by atoms with van der Waals surface area (Å²) in [7, 11) is 0. The molecule has 0 fully saturated rings. The van der Waals surface area contributed by atoms with Crippen LogP contribution >= 0.6 is 0 Å². The highest BCUT2D eigenvalue weighted by Crippen LogP contribution is 1.91. The third-order valence-corrected chi connectivity index (χ3v) is 1.25. The second-order valence-corrected chi connectivity index (χ2v) is 2.18. The summed E-state index contributed by atoms with van der Waals surface area (Å²) in [4.78, 5) is 10.4. The molecular weight excluding hydrogens is 142 g/mol. The first kappa shape index (κ1) is 9.99. The Labute approximate surface area is 66.8 Å². The molecule has 0 rings (SSSR count). The summed E-state index contributed by atoms with van der Waals surface area (Å²) >= 11 is 0. The van der Waals surface area contributed by atoms with E-state index in [1.807, 2.05) is 5.92 Å². The van der Waals surface area contributed by atoms with Gasteiger partial charge in [-0.25, -0.2) is 0 Å². The van der Waals surface area contributed by atoms with Gasteiger partial charge in [-0.05, 0) is 25.2 Å². The van der Waals surface area contributed by atoms with Crippen LogP contribution in [0.15, 0.2) is 0 Å². The van der Waals surface area contributed by atoms with Gasteiger partial charge in [0.15, 0.2) is 0 Å². The summed E-state index contributed by atoms with van der Waals surface area (Å²) in [6.07, 6.45) is 7.38. The Morgan fingerprint density at radius 3 is 2.73 bits per heavy atom. The molecule has 0 unspecified atom stereocenters. The Bertz CT molecular complexity index is 149. The second kappa shape index (κ2) is 7.10.